The molecule has 0 aliphatic carbocycles. The van der Waals surface area contributed by atoms with Crippen LogP contribution in [0.4, 0.5) is 11.8 Å². The number of hydrogen-bond acceptors (Lipinski definition) is 6. The molecule has 0 fully saturated rings. The van der Waals surface area contributed by atoms with E-state index in [0.717, 1.165) is 47.4 Å². The second-order valence-corrected chi connectivity index (χ2v) is 5.50. The molecular formula is C18H21N5O. The number of rotatable bonds is 6. The van der Waals surface area contributed by atoms with Crippen molar-refractivity contribution in [2.75, 3.05) is 24.7 Å². The number of fused-ring (bicyclic) bond motifs is 1. The van der Waals surface area contributed by atoms with E-state index in [1.165, 1.54) is 0 Å². The molecule has 0 bridgehead atoms. The molecule has 124 valence electrons. The number of nitrogens with zero attached hydrogens (tertiary/aromatic N) is 3. The number of nitrogens with two attached hydrogens (primary N) is 1. The van der Waals surface area contributed by atoms with Crippen molar-refractivity contribution < 1.29 is 4.74 Å². The van der Waals surface area contributed by atoms with Crippen molar-refractivity contribution in [2.24, 2.45) is 0 Å². The molecule has 6 nitrogen and oxygen atoms in total. The number of pyridine rings is 1. The van der Waals surface area contributed by atoms with E-state index in [9.17, 15) is 0 Å². The fourth-order valence-electron chi connectivity index (χ4n) is 2.46. The van der Waals surface area contributed by atoms with Crippen molar-refractivity contribution in [2.45, 2.75) is 19.8 Å². The third-order valence-corrected chi connectivity index (χ3v) is 3.77. The Labute approximate surface area is 141 Å². The minimum atomic E-state index is 0.250. The Morgan fingerprint density at radius 1 is 1.04 bits per heavy atom. The number of methoxy groups -OCH3 is 1. The van der Waals surface area contributed by atoms with E-state index in [0.29, 0.717) is 5.82 Å². The average molecular weight is 323 g/mol. The van der Waals surface area contributed by atoms with Crippen molar-refractivity contribution in [3.63, 3.8) is 0 Å². The van der Waals surface area contributed by atoms with Crippen LogP contribution in [-0.2, 0) is 0 Å². The van der Waals surface area contributed by atoms with Gasteiger partial charge >= 0.3 is 0 Å². The first kappa shape index (κ1) is 16.0. The molecule has 0 saturated carbocycles. The van der Waals surface area contributed by atoms with Gasteiger partial charge in [-0.3, -0.25) is 0 Å². The highest BCUT2D eigenvalue weighted by Crippen LogP contribution is 2.25. The normalized spacial score (nSPS) is 10.8. The maximum Gasteiger partial charge on any atom is 0.222 e. The zero-order valence-electron chi connectivity index (χ0n) is 13.9. The molecule has 0 spiro atoms. The van der Waals surface area contributed by atoms with Crippen molar-refractivity contribution in [1.82, 2.24) is 15.0 Å². The highest BCUT2D eigenvalue weighted by Gasteiger charge is 2.10. The van der Waals surface area contributed by atoms with E-state index >= 15 is 0 Å². The van der Waals surface area contributed by atoms with Crippen molar-refractivity contribution >= 4 is 22.8 Å². The molecule has 3 aromatic rings. The minimum Gasteiger partial charge on any atom is -0.497 e. The summed E-state index contributed by atoms with van der Waals surface area (Å²) in [7, 11) is 1.65. The first-order chi connectivity index (χ1) is 11.7. The van der Waals surface area contributed by atoms with Crippen LogP contribution in [0.1, 0.15) is 19.8 Å². The summed E-state index contributed by atoms with van der Waals surface area (Å²) in [5, 5.41) is 3.31. The summed E-state index contributed by atoms with van der Waals surface area (Å²) in [5.74, 6) is 1.75. The fraction of sp³-hybridized carbons (Fsp3) is 0.278. The number of hydrogen-bond donors (Lipinski definition) is 2. The molecule has 0 amide bonds. The molecule has 0 saturated heterocycles. The van der Waals surface area contributed by atoms with Crippen LogP contribution in [0.2, 0.25) is 0 Å². The molecular weight excluding hydrogens is 302 g/mol. The summed E-state index contributed by atoms with van der Waals surface area (Å²) in [5.41, 5.74) is 9.14. The largest absolute Gasteiger partial charge is 0.497 e. The molecule has 6 heteroatoms. The molecule has 2 aromatic heterocycles. The summed E-state index contributed by atoms with van der Waals surface area (Å²) < 4.78 is 5.20. The molecule has 1 aromatic carbocycles. The van der Waals surface area contributed by atoms with Gasteiger partial charge in [0.2, 0.25) is 5.95 Å². The van der Waals surface area contributed by atoms with Gasteiger partial charge in [-0.2, -0.15) is 4.98 Å². The third-order valence-electron chi connectivity index (χ3n) is 3.77. The summed E-state index contributed by atoms with van der Waals surface area (Å²) in [6.07, 6.45) is 2.17. The molecule has 2 heterocycles. The lowest BCUT2D eigenvalue weighted by molar-refractivity contribution is 0.415. The lowest BCUT2D eigenvalue weighted by Gasteiger charge is -2.10. The number of nitrogen functional groups attached to an aromatic ring is 1. The second-order valence-electron chi connectivity index (χ2n) is 5.50. The lowest BCUT2D eigenvalue weighted by Crippen LogP contribution is -2.07. The standard InChI is InChI=1S/C18H21N5O/c1-3-4-11-20-17-16-15(22-18(19)23-17)10-9-14(21-16)12-5-7-13(24-2)8-6-12/h5-10H,3-4,11H2,1-2H3,(H3,19,20,22,23). The maximum atomic E-state index is 5.81. The number of anilines is 2. The van der Waals surface area contributed by atoms with Gasteiger partial charge in [0, 0.05) is 12.1 Å². The summed E-state index contributed by atoms with van der Waals surface area (Å²) in [6, 6.07) is 11.7. The number of ether oxygens (including phenoxy) is 1. The van der Waals surface area contributed by atoms with Crippen molar-refractivity contribution in [3.05, 3.63) is 36.4 Å². The average Bonchev–Trinajstić information content (AvgIpc) is 2.61. The number of benzene rings is 1. The minimum absolute atomic E-state index is 0.250. The van der Waals surface area contributed by atoms with E-state index in [4.69, 9.17) is 15.5 Å². The fourth-order valence-corrected chi connectivity index (χ4v) is 2.46. The Balaban J connectivity index is 2.01. The number of nitrogens with one attached hydrogen (secondary N) is 1. The van der Waals surface area contributed by atoms with Crippen LogP contribution in [0.5, 0.6) is 5.75 Å². The molecule has 0 atom stereocenters. The molecule has 0 radical (unpaired) electrons. The van der Waals surface area contributed by atoms with Crippen LogP contribution in [0.25, 0.3) is 22.3 Å². The van der Waals surface area contributed by atoms with Gasteiger partial charge in [-0.1, -0.05) is 13.3 Å². The van der Waals surface area contributed by atoms with E-state index < -0.39 is 0 Å². The van der Waals surface area contributed by atoms with Crippen LogP contribution in [0.15, 0.2) is 36.4 Å². The molecule has 0 aliphatic rings. The van der Waals surface area contributed by atoms with Gasteiger partial charge in [0.15, 0.2) is 5.82 Å². The molecule has 3 rings (SSSR count). The van der Waals surface area contributed by atoms with Crippen LogP contribution in [-0.4, -0.2) is 28.6 Å². The zero-order chi connectivity index (χ0) is 16.9. The van der Waals surface area contributed by atoms with Gasteiger partial charge in [-0.15, -0.1) is 0 Å². The quantitative estimate of drug-likeness (QED) is 0.675. The summed E-state index contributed by atoms with van der Waals surface area (Å²) in [6.45, 7) is 2.98. The van der Waals surface area contributed by atoms with Gasteiger partial charge in [0.05, 0.1) is 18.3 Å². The summed E-state index contributed by atoms with van der Waals surface area (Å²) in [4.78, 5) is 13.3. The molecule has 24 heavy (non-hydrogen) atoms. The second kappa shape index (κ2) is 7.12. The Morgan fingerprint density at radius 3 is 2.54 bits per heavy atom. The number of aromatic nitrogens is 3. The Bertz CT molecular complexity index is 833. The summed E-state index contributed by atoms with van der Waals surface area (Å²) >= 11 is 0. The van der Waals surface area contributed by atoms with Gasteiger partial charge in [0.25, 0.3) is 0 Å². The monoisotopic (exact) mass is 323 g/mol. The molecule has 0 unspecified atom stereocenters. The lowest BCUT2D eigenvalue weighted by atomic mass is 10.1. The smallest absolute Gasteiger partial charge is 0.222 e. The van der Waals surface area contributed by atoms with E-state index in [1.807, 2.05) is 36.4 Å². The van der Waals surface area contributed by atoms with Gasteiger partial charge < -0.3 is 15.8 Å². The van der Waals surface area contributed by atoms with Gasteiger partial charge in [0.1, 0.15) is 11.3 Å². The molecule has 0 aliphatic heterocycles. The Morgan fingerprint density at radius 2 is 1.83 bits per heavy atom. The van der Waals surface area contributed by atoms with Crippen LogP contribution >= 0.6 is 0 Å². The van der Waals surface area contributed by atoms with E-state index in [2.05, 4.69) is 22.2 Å². The van der Waals surface area contributed by atoms with Gasteiger partial charge in [-0.25, -0.2) is 9.97 Å². The predicted molar refractivity (Wildman–Crippen MR) is 97.1 cm³/mol. The van der Waals surface area contributed by atoms with Crippen LogP contribution < -0.4 is 15.8 Å². The molecule has 3 N–H and O–H groups in total. The van der Waals surface area contributed by atoms with Crippen LogP contribution in [0.3, 0.4) is 0 Å². The zero-order valence-corrected chi connectivity index (χ0v) is 13.9. The Hall–Kier alpha value is -2.89. The van der Waals surface area contributed by atoms with Crippen molar-refractivity contribution in [3.8, 4) is 17.0 Å². The Kier molecular flexibility index (Phi) is 4.74. The first-order valence-electron chi connectivity index (χ1n) is 8.04. The maximum absolute atomic E-state index is 5.81. The van der Waals surface area contributed by atoms with Crippen molar-refractivity contribution in [1.29, 1.82) is 0 Å². The predicted octanol–water partition coefficient (Wildman–Crippen LogP) is 3.49. The third kappa shape index (κ3) is 3.37. The van der Waals surface area contributed by atoms with Crippen LogP contribution in [0, 0.1) is 0 Å². The first-order valence-corrected chi connectivity index (χ1v) is 8.04. The topological polar surface area (TPSA) is 86.0 Å². The highest BCUT2D eigenvalue weighted by molar-refractivity contribution is 5.88. The van der Waals surface area contributed by atoms with E-state index in [1.54, 1.807) is 7.11 Å². The van der Waals surface area contributed by atoms with Gasteiger partial charge in [-0.05, 0) is 42.8 Å². The SMILES string of the molecule is CCCCNc1nc(N)nc2ccc(-c3ccc(OC)cc3)nc12. The highest BCUT2D eigenvalue weighted by atomic mass is 16.5. The van der Waals surface area contributed by atoms with E-state index in [-0.39, 0.29) is 5.95 Å². The number of unbranched alkanes of at least 4 members (excludes halogenated alkanes) is 1.